The minimum Gasteiger partial charge on any atom is -0.354 e. The van der Waals surface area contributed by atoms with Gasteiger partial charge in [-0.1, -0.05) is 36.6 Å². The summed E-state index contributed by atoms with van der Waals surface area (Å²) in [6.07, 6.45) is 5.52. The molecule has 0 unspecified atom stereocenters. The van der Waals surface area contributed by atoms with Gasteiger partial charge in [0.2, 0.25) is 5.91 Å². The third kappa shape index (κ3) is 2.10. The molecule has 4 heteroatoms. The van der Waals surface area contributed by atoms with Crippen LogP contribution in [-0.2, 0) is 4.79 Å². The maximum atomic E-state index is 12.1. The van der Waals surface area contributed by atoms with Crippen LogP contribution in [0.1, 0.15) is 32.1 Å². The Morgan fingerprint density at radius 1 is 1.22 bits per heavy atom. The summed E-state index contributed by atoms with van der Waals surface area (Å²) >= 11 is 0. The van der Waals surface area contributed by atoms with E-state index in [1.54, 1.807) is 0 Å². The summed E-state index contributed by atoms with van der Waals surface area (Å²) in [6.45, 7) is 0. The first-order valence-corrected chi connectivity index (χ1v) is 6.50. The molecular weight excluding hydrogens is 228 g/mol. The molecule has 3 rings (SSSR count). The zero-order chi connectivity index (χ0) is 12.4. The van der Waals surface area contributed by atoms with Gasteiger partial charge in [0.1, 0.15) is 0 Å². The third-order valence-electron chi connectivity index (χ3n) is 3.60. The number of nitrogens with zero attached hydrogens (tertiary/aromatic N) is 1. The summed E-state index contributed by atoms with van der Waals surface area (Å²) < 4.78 is 5.17. The Morgan fingerprint density at radius 2 is 2.00 bits per heavy atom. The Bertz CT molecular complexity index is 556. The van der Waals surface area contributed by atoms with E-state index in [1.807, 2.05) is 24.3 Å². The second kappa shape index (κ2) is 4.80. The van der Waals surface area contributed by atoms with E-state index in [-0.39, 0.29) is 11.8 Å². The first-order chi connectivity index (χ1) is 8.84. The molecule has 1 aromatic heterocycles. The Labute approximate surface area is 105 Å². The van der Waals surface area contributed by atoms with Gasteiger partial charge in [-0.3, -0.25) is 4.79 Å². The van der Waals surface area contributed by atoms with Gasteiger partial charge in [0, 0.05) is 5.92 Å². The molecule has 1 aromatic carbocycles. The SMILES string of the molecule is O=C(Nc1noc2ccccc12)C1CCCCC1. The maximum absolute atomic E-state index is 12.1. The van der Waals surface area contributed by atoms with E-state index in [0.29, 0.717) is 11.4 Å². The minimum atomic E-state index is 0.0775. The van der Waals surface area contributed by atoms with E-state index in [9.17, 15) is 4.79 Å². The third-order valence-corrected chi connectivity index (χ3v) is 3.60. The zero-order valence-corrected chi connectivity index (χ0v) is 10.2. The van der Waals surface area contributed by atoms with Crippen LogP contribution >= 0.6 is 0 Å². The molecule has 18 heavy (non-hydrogen) atoms. The summed E-state index contributed by atoms with van der Waals surface area (Å²) in [4.78, 5) is 12.1. The van der Waals surface area contributed by atoms with Crippen molar-refractivity contribution in [3.8, 4) is 0 Å². The minimum absolute atomic E-state index is 0.0775. The quantitative estimate of drug-likeness (QED) is 0.881. The van der Waals surface area contributed by atoms with Crippen molar-refractivity contribution in [2.24, 2.45) is 5.92 Å². The fourth-order valence-corrected chi connectivity index (χ4v) is 2.56. The molecule has 1 aliphatic rings. The van der Waals surface area contributed by atoms with Gasteiger partial charge in [-0.25, -0.2) is 0 Å². The van der Waals surface area contributed by atoms with E-state index in [4.69, 9.17) is 4.52 Å². The van der Waals surface area contributed by atoms with Crippen molar-refractivity contribution < 1.29 is 9.32 Å². The van der Waals surface area contributed by atoms with Gasteiger partial charge < -0.3 is 9.84 Å². The molecule has 0 aliphatic heterocycles. The molecule has 0 spiro atoms. The van der Waals surface area contributed by atoms with E-state index < -0.39 is 0 Å². The fourth-order valence-electron chi connectivity index (χ4n) is 2.56. The largest absolute Gasteiger partial charge is 0.354 e. The van der Waals surface area contributed by atoms with Crippen molar-refractivity contribution in [2.75, 3.05) is 5.32 Å². The predicted octanol–water partition coefficient (Wildman–Crippen LogP) is 3.35. The number of para-hydroxylation sites is 1. The molecule has 0 saturated heterocycles. The van der Waals surface area contributed by atoms with Crippen LogP contribution in [0.3, 0.4) is 0 Å². The molecule has 4 nitrogen and oxygen atoms in total. The van der Waals surface area contributed by atoms with Crippen LogP contribution in [0.15, 0.2) is 28.8 Å². The number of aromatic nitrogens is 1. The molecule has 0 atom stereocenters. The van der Waals surface area contributed by atoms with E-state index in [0.717, 1.165) is 31.1 Å². The molecule has 1 N–H and O–H groups in total. The zero-order valence-electron chi connectivity index (χ0n) is 10.2. The van der Waals surface area contributed by atoms with Crippen LogP contribution in [0.5, 0.6) is 0 Å². The molecule has 94 valence electrons. The Morgan fingerprint density at radius 3 is 2.83 bits per heavy atom. The molecular formula is C14H16N2O2. The first kappa shape index (κ1) is 11.3. The second-order valence-electron chi connectivity index (χ2n) is 4.85. The average molecular weight is 244 g/mol. The molecule has 1 aliphatic carbocycles. The number of carbonyl (C=O) groups is 1. The summed E-state index contributed by atoms with van der Waals surface area (Å²) in [5.74, 6) is 0.754. The number of nitrogens with one attached hydrogen (secondary N) is 1. The fraction of sp³-hybridized carbons (Fsp3) is 0.429. The summed E-state index contributed by atoms with van der Waals surface area (Å²) in [5, 5.41) is 7.68. The molecule has 1 amide bonds. The molecule has 0 radical (unpaired) electrons. The van der Waals surface area contributed by atoms with Crippen LogP contribution < -0.4 is 5.32 Å². The highest BCUT2D eigenvalue weighted by atomic mass is 16.5. The smallest absolute Gasteiger partial charge is 0.228 e. The van der Waals surface area contributed by atoms with Crippen LogP contribution in [0.25, 0.3) is 11.0 Å². The highest BCUT2D eigenvalue weighted by molar-refractivity contribution is 5.99. The molecule has 1 heterocycles. The van der Waals surface area contributed by atoms with Crippen molar-refractivity contribution >= 4 is 22.7 Å². The number of carbonyl (C=O) groups excluding carboxylic acids is 1. The highest BCUT2D eigenvalue weighted by Crippen LogP contribution is 2.27. The Balaban J connectivity index is 1.77. The number of rotatable bonds is 2. The lowest BCUT2D eigenvalue weighted by Gasteiger charge is -2.19. The predicted molar refractivity (Wildman–Crippen MR) is 69.2 cm³/mol. The van der Waals surface area contributed by atoms with Gasteiger partial charge in [-0.2, -0.15) is 0 Å². The van der Waals surface area contributed by atoms with Crippen molar-refractivity contribution in [3.63, 3.8) is 0 Å². The topological polar surface area (TPSA) is 55.1 Å². The molecule has 1 fully saturated rings. The van der Waals surface area contributed by atoms with Crippen LogP contribution in [-0.4, -0.2) is 11.1 Å². The second-order valence-corrected chi connectivity index (χ2v) is 4.85. The number of benzene rings is 1. The van der Waals surface area contributed by atoms with Crippen LogP contribution in [0, 0.1) is 5.92 Å². The van der Waals surface area contributed by atoms with Gasteiger partial charge in [0.25, 0.3) is 0 Å². The van der Waals surface area contributed by atoms with Crippen molar-refractivity contribution in [2.45, 2.75) is 32.1 Å². The standard InChI is InChI=1S/C14H16N2O2/c17-14(10-6-2-1-3-7-10)15-13-11-8-4-5-9-12(11)18-16-13/h4-5,8-10H,1-3,6-7H2,(H,15,16,17). The summed E-state index contributed by atoms with van der Waals surface area (Å²) in [5.41, 5.74) is 0.705. The molecule has 1 saturated carbocycles. The van der Waals surface area contributed by atoms with Gasteiger partial charge >= 0.3 is 0 Å². The monoisotopic (exact) mass is 244 g/mol. The number of hydrogen-bond acceptors (Lipinski definition) is 3. The highest BCUT2D eigenvalue weighted by Gasteiger charge is 2.22. The number of amides is 1. The van der Waals surface area contributed by atoms with Crippen molar-refractivity contribution in [3.05, 3.63) is 24.3 Å². The lowest BCUT2D eigenvalue weighted by Crippen LogP contribution is -2.24. The lowest BCUT2D eigenvalue weighted by molar-refractivity contribution is -0.120. The number of fused-ring (bicyclic) bond motifs is 1. The van der Waals surface area contributed by atoms with Crippen LogP contribution in [0.2, 0.25) is 0 Å². The van der Waals surface area contributed by atoms with E-state index in [1.165, 1.54) is 6.42 Å². The van der Waals surface area contributed by atoms with Crippen LogP contribution in [0.4, 0.5) is 5.82 Å². The first-order valence-electron chi connectivity index (χ1n) is 6.50. The van der Waals surface area contributed by atoms with Gasteiger partial charge in [-0.05, 0) is 25.0 Å². The van der Waals surface area contributed by atoms with E-state index in [2.05, 4.69) is 10.5 Å². The Kier molecular flexibility index (Phi) is 3.00. The lowest BCUT2D eigenvalue weighted by atomic mass is 9.89. The van der Waals surface area contributed by atoms with Gasteiger partial charge in [-0.15, -0.1) is 0 Å². The maximum Gasteiger partial charge on any atom is 0.228 e. The number of anilines is 1. The van der Waals surface area contributed by atoms with Gasteiger partial charge in [0.15, 0.2) is 11.4 Å². The normalized spacial score (nSPS) is 16.9. The number of hydrogen-bond donors (Lipinski definition) is 1. The van der Waals surface area contributed by atoms with Gasteiger partial charge in [0.05, 0.1) is 5.39 Å². The van der Waals surface area contributed by atoms with E-state index >= 15 is 0 Å². The molecule has 0 bridgehead atoms. The Hall–Kier alpha value is -1.84. The van der Waals surface area contributed by atoms with Crippen molar-refractivity contribution in [1.29, 1.82) is 0 Å². The van der Waals surface area contributed by atoms with Crippen molar-refractivity contribution in [1.82, 2.24) is 5.16 Å². The average Bonchev–Trinajstić information content (AvgIpc) is 2.83. The summed E-state index contributed by atoms with van der Waals surface area (Å²) in [7, 11) is 0. The molecule has 2 aromatic rings. The summed E-state index contributed by atoms with van der Waals surface area (Å²) in [6, 6.07) is 7.55.